The number of nitrogens with one attached hydrogen (secondary N) is 1. The molecule has 2 amide bonds. The lowest BCUT2D eigenvalue weighted by molar-refractivity contribution is -0.150. The van der Waals surface area contributed by atoms with Gasteiger partial charge < -0.3 is 14.8 Å². The highest BCUT2D eigenvalue weighted by atomic mass is 79.9. The molecule has 11 heteroatoms. The normalized spacial score (nSPS) is 26.0. The number of rotatable bonds is 3. The third kappa shape index (κ3) is 2.47. The fraction of sp³-hybridized carbons (Fsp3) is 0.545. The van der Waals surface area contributed by atoms with E-state index in [4.69, 9.17) is 0 Å². The van der Waals surface area contributed by atoms with Gasteiger partial charge >= 0.3 is 12.1 Å². The van der Waals surface area contributed by atoms with E-state index in [1.807, 2.05) is 0 Å². The first-order valence-corrected chi connectivity index (χ1v) is 8.87. The summed E-state index contributed by atoms with van der Waals surface area (Å²) >= 11 is 3.10. The van der Waals surface area contributed by atoms with Gasteiger partial charge in [-0.3, -0.25) is 9.69 Å². The molecule has 0 bridgehead atoms. The Hall–Kier alpha value is -1.62. The number of fused-ring (bicyclic) bond motifs is 1. The summed E-state index contributed by atoms with van der Waals surface area (Å²) in [7, 11) is -1.53. The first kappa shape index (κ1) is 16.7. The van der Waals surface area contributed by atoms with Gasteiger partial charge in [-0.1, -0.05) is 15.9 Å². The Morgan fingerprint density at radius 3 is 2.50 bits per heavy atom. The van der Waals surface area contributed by atoms with Gasteiger partial charge in [0, 0.05) is 5.33 Å². The summed E-state index contributed by atoms with van der Waals surface area (Å²) in [5.41, 5.74) is 0.125. The van der Waals surface area contributed by atoms with Crippen molar-refractivity contribution in [3.8, 4) is 0 Å². The van der Waals surface area contributed by atoms with E-state index >= 15 is 0 Å². The van der Waals surface area contributed by atoms with Crippen molar-refractivity contribution in [2.75, 3.05) is 25.3 Å². The number of β-lactam (4-membered cyclic amide) rings is 1. The van der Waals surface area contributed by atoms with Crippen LogP contribution in [-0.2, 0) is 28.9 Å². The second-order valence-corrected chi connectivity index (χ2v) is 7.26. The van der Waals surface area contributed by atoms with Gasteiger partial charge in [-0.15, -0.1) is 0 Å². The summed E-state index contributed by atoms with van der Waals surface area (Å²) in [4.78, 5) is 36.1. The van der Waals surface area contributed by atoms with E-state index in [9.17, 15) is 22.8 Å². The second kappa shape index (κ2) is 5.88. The highest BCUT2D eigenvalue weighted by Crippen LogP contribution is 2.37. The fourth-order valence-corrected chi connectivity index (χ4v) is 5.15. The second-order valence-electron chi connectivity index (χ2n) is 4.60. The predicted molar refractivity (Wildman–Crippen MR) is 76.6 cm³/mol. The van der Waals surface area contributed by atoms with E-state index in [0.29, 0.717) is 0 Å². The minimum atomic E-state index is -3.76. The molecule has 9 nitrogen and oxygen atoms in total. The first-order valence-electron chi connectivity index (χ1n) is 6.04. The van der Waals surface area contributed by atoms with Crippen LogP contribution in [0.4, 0.5) is 4.79 Å². The Balaban J connectivity index is 2.45. The van der Waals surface area contributed by atoms with E-state index in [1.54, 1.807) is 0 Å². The number of amides is 2. The maximum Gasteiger partial charge on any atom is 0.407 e. The Morgan fingerprint density at radius 2 is 2.00 bits per heavy atom. The van der Waals surface area contributed by atoms with Crippen molar-refractivity contribution in [2.24, 2.45) is 0 Å². The fourth-order valence-electron chi connectivity index (χ4n) is 2.40. The number of esters is 1. The summed E-state index contributed by atoms with van der Waals surface area (Å²) in [6.07, 6.45) is -0.928. The maximum absolute atomic E-state index is 12.3. The van der Waals surface area contributed by atoms with E-state index in [2.05, 4.69) is 30.7 Å². The zero-order chi connectivity index (χ0) is 16.7. The maximum atomic E-state index is 12.3. The molecule has 2 unspecified atom stereocenters. The molecule has 2 heterocycles. The number of methoxy groups -OCH3 is 2. The van der Waals surface area contributed by atoms with Crippen LogP contribution in [0.25, 0.3) is 0 Å². The highest BCUT2D eigenvalue weighted by Gasteiger charge is 2.60. The van der Waals surface area contributed by atoms with Crippen LogP contribution in [-0.4, -0.2) is 68.0 Å². The minimum absolute atomic E-state index is 0.0995. The molecule has 0 aromatic rings. The number of hydrogen-bond donors (Lipinski definition) is 1. The Labute approximate surface area is 134 Å². The zero-order valence-corrected chi connectivity index (χ0v) is 14.1. The number of sulfone groups is 1. The molecule has 1 saturated heterocycles. The summed E-state index contributed by atoms with van der Waals surface area (Å²) < 4.78 is 33.6. The first-order chi connectivity index (χ1) is 10.3. The van der Waals surface area contributed by atoms with Crippen LogP contribution in [0, 0.1) is 0 Å². The van der Waals surface area contributed by atoms with Crippen molar-refractivity contribution in [1.29, 1.82) is 0 Å². The van der Waals surface area contributed by atoms with Crippen LogP contribution in [0.15, 0.2) is 11.3 Å². The van der Waals surface area contributed by atoms with Crippen molar-refractivity contribution >= 4 is 43.7 Å². The number of alkyl carbamates (subject to hydrolysis) is 1. The molecule has 0 spiro atoms. The van der Waals surface area contributed by atoms with Crippen molar-refractivity contribution in [2.45, 2.75) is 11.4 Å². The minimum Gasteiger partial charge on any atom is -0.464 e. The third-order valence-corrected chi connectivity index (χ3v) is 6.01. The van der Waals surface area contributed by atoms with Crippen LogP contribution in [0.2, 0.25) is 0 Å². The number of ether oxygens (including phenoxy) is 2. The topological polar surface area (TPSA) is 119 Å². The van der Waals surface area contributed by atoms with Gasteiger partial charge in [0.2, 0.25) is 0 Å². The molecule has 0 radical (unpaired) electrons. The molecule has 2 atom stereocenters. The van der Waals surface area contributed by atoms with Gasteiger partial charge in [0.25, 0.3) is 5.91 Å². The van der Waals surface area contributed by atoms with Crippen molar-refractivity contribution in [1.82, 2.24) is 10.2 Å². The molecule has 1 fully saturated rings. The van der Waals surface area contributed by atoms with Crippen molar-refractivity contribution < 1.29 is 32.3 Å². The lowest BCUT2D eigenvalue weighted by Gasteiger charge is -2.48. The molecule has 122 valence electrons. The molecule has 2 rings (SSSR count). The van der Waals surface area contributed by atoms with E-state index < -0.39 is 45.0 Å². The van der Waals surface area contributed by atoms with Gasteiger partial charge in [-0.05, 0) is 5.57 Å². The van der Waals surface area contributed by atoms with E-state index in [1.165, 1.54) is 0 Å². The van der Waals surface area contributed by atoms with Crippen LogP contribution >= 0.6 is 15.9 Å². The average molecular weight is 397 g/mol. The monoisotopic (exact) mass is 396 g/mol. The molecule has 2 aliphatic rings. The van der Waals surface area contributed by atoms with E-state index in [-0.39, 0.29) is 16.6 Å². The standard InChI is InChI=1S/C11H13BrN2O7S/c1-20-10(16)7-5(3-12)4-22(18,19)9-6(8(15)14(7)9)13-11(17)21-2/h6,9H,3-4H2,1-2H3,(H,13,17). The van der Waals surface area contributed by atoms with Gasteiger partial charge in [0.05, 0.1) is 20.0 Å². The Bertz CT molecular complexity index is 672. The average Bonchev–Trinajstić information content (AvgIpc) is 2.49. The molecule has 0 aliphatic carbocycles. The lowest BCUT2D eigenvalue weighted by Crippen LogP contribution is -2.74. The number of halogens is 1. The van der Waals surface area contributed by atoms with Gasteiger partial charge in [-0.2, -0.15) is 0 Å². The highest BCUT2D eigenvalue weighted by molar-refractivity contribution is 9.09. The Morgan fingerprint density at radius 1 is 1.36 bits per heavy atom. The van der Waals surface area contributed by atoms with Crippen LogP contribution in [0.1, 0.15) is 0 Å². The third-order valence-electron chi connectivity index (χ3n) is 3.36. The quantitative estimate of drug-likeness (QED) is 0.374. The SMILES string of the molecule is COC(=O)NC1C(=O)N2C(C(=O)OC)=C(CBr)CS(=O)(=O)C12. The number of nitrogens with zero attached hydrogens (tertiary/aromatic N) is 1. The summed E-state index contributed by atoms with van der Waals surface area (Å²) in [6.45, 7) is 0. The lowest BCUT2D eigenvalue weighted by atomic mass is 10.0. The Kier molecular flexibility index (Phi) is 4.47. The molecule has 0 saturated carbocycles. The molecule has 0 aromatic carbocycles. The molecular formula is C11H13BrN2O7S. The van der Waals surface area contributed by atoms with Gasteiger partial charge in [0.15, 0.2) is 15.2 Å². The van der Waals surface area contributed by atoms with Crippen LogP contribution in [0.5, 0.6) is 0 Å². The molecule has 0 aromatic heterocycles. The van der Waals surface area contributed by atoms with Crippen molar-refractivity contribution in [3.63, 3.8) is 0 Å². The summed E-state index contributed by atoms with van der Waals surface area (Å²) in [5.74, 6) is -1.92. The smallest absolute Gasteiger partial charge is 0.407 e. The molecule has 1 N–H and O–H groups in total. The van der Waals surface area contributed by atoms with Crippen molar-refractivity contribution in [3.05, 3.63) is 11.3 Å². The number of carbonyl (C=O) groups excluding carboxylic acids is 3. The molecular weight excluding hydrogens is 384 g/mol. The molecule has 2 aliphatic heterocycles. The van der Waals surface area contributed by atoms with Crippen LogP contribution < -0.4 is 5.32 Å². The summed E-state index contributed by atoms with van der Waals surface area (Å²) in [5, 5.41) is 0.925. The number of hydrogen-bond acceptors (Lipinski definition) is 7. The predicted octanol–water partition coefficient (Wildman–Crippen LogP) is -0.870. The zero-order valence-electron chi connectivity index (χ0n) is 11.7. The molecule has 22 heavy (non-hydrogen) atoms. The van der Waals surface area contributed by atoms with Crippen LogP contribution in [0.3, 0.4) is 0 Å². The van der Waals surface area contributed by atoms with Gasteiger partial charge in [0.1, 0.15) is 11.7 Å². The summed E-state index contributed by atoms with van der Waals surface area (Å²) in [6, 6.07) is -1.28. The van der Waals surface area contributed by atoms with E-state index in [0.717, 1.165) is 19.1 Å². The van der Waals surface area contributed by atoms with Gasteiger partial charge in [-0.25, -0.2) is 18.0 Å². The number of alkyl halides is 1. The largest absolute Gasteiger partial charge is 0.464 e. The number of carbonyl (C=O) groups is 3.